The Morgan fingerprint density at radius 3 is 2.73 bits per heavy atom. The predicted octanol–water partition coefficient (Wildman–Crippen LogP) is 1.76. The number of aliphatic hydroxyl groups is 1. The largest absolute Gasteiger partial charge is 0.389 e. The highest BCUT2D eigenvalue weighted by Crippen LogP contribution is 2.43. The Bertz CT molecular complexity index is 337. The van der Waals surface area contributed by atoms with Crippen molar-refractivity contribution < 1.29 is 5.11 Å². The van der Waals surface area contributed by atoms with Crippen LogP contribution < -0.4 is 0 Å². The van der Waals surface area contributed by atoms with Gasteiger partial charge in [0.05, 0.1) is 5.60 Å². The first-order valence-corrected chi connectivity index (χ1v) is 5.69. The maximum Gasteiger partial charge on any atom is 0.111 e. The Morgan fingerprint density at radius 2 is 2.27 bits per heavy atom. The minimum Gasteiger partial charge on any atom is -0.389 e. The summed E-state index contributed by atoms with van der Waals surface area (Å²) < 4.78 is 1.99. The summed E-state index contributed by atoms with van der Waals surface area (Å²) in [6.45, 7) is 4.45. The van der Waals surface area contributed by atoms with Crippen molar-refractivity contribution >= 4 is 0 Å². The molecule has 1 N–H and O–H groups in total. The van der Waals surface area contributed by atoms with Crippen LogP contribution in [0.25, 0.3) is 0 Å². The van der Waals surface area contributed by atoms with Crippen molar-refractivity contribution in [1.29, 1.82) is 0 Å². The maximum absolute atomic E-state index is 10.3. The molecule has 0 unspecified atom stereocenters. The highest BCUT2D eigenvalue weighted by Gasteiger charge is 2.44. The van der Waals surface area contributed by atoms with Gasteiger partial charge in [-0.15, -0.1) is 0 Å². The summed E-state index contributed by atoms with van der Waals surface area (Å²) in [7, 11) is 1.98. The Kier molecular flexibility index (Phi) is 2.59. The molecule has 1 saturated carbocycles. The summed E-state index contributed by atoms with van der Waals surface area (Å²) in [4.78, 5) is 4.26. The van der Waals surface area contributed by atoms with Crippen molar-refractivity contribution in [2.24, 2.45) is 18.9 Å². The highest BCUT2D eigenvalue weighted by atomic mass is 16.3. The molecule has 84 valence electrons. The third-order valence-corrected chi connectivity index (χ3v) is 3.64. The van der Waals surface area contributed by atoms with Crippen LogP contribution in [0.3, 0.4) is 0 Å². The van der Waals surface area contributed by atoms with Crippen LogP contribution in [0.1, 0.15) is 32.5 Å². The third-order valence-electron chi connectivity index (χ3n) is 3.64. The van der Waals surface area contributed by atoms with Gasteiger partial charge in [-0.3, -0.25) is 0 Å². The minimum absolute atomic E-state index is 0.492. The Labute approximate surface area is 91.1 Å². The summed E-state index contributed by atoms with van der Waals surface area (Å²) in [5, 5.41) is 10.3. The number of imidazole rings is 1. The third kappa shape index (κ3) is 2.07. The van der Waals surface area contributed by atoms with Gasteiger partial charge < -0.3 is 9.67 Å². The molecule has 1 aliphatic carbocycles. The average molecular weight is 208 g/mol. The van der Waals surface area contributed by atoms with E-state index in [2.05, 4.69) is 18.8 Å². The number of hydrogen-bond donors (Lipinski definition) is 1. The maximum atomic E-state index is 10.3. The van der Waals surface area contributed by atoms with Crippen molar-refractivity contribution in [3.05, 3.63) is 18.2 Å². The number of hydrogen-bond acceptors (Lipinski definition) is 2. The van der Waals surface area contributed by atoms with E-state index in [1.807, 2.05) is 17.8 Å². The van der Waals surface area contributed by atoms with Crippen LogP contribution in [0.4, 0.5) is 0 Å². The van der Waals surface area contributed by atoms with E-state index in [0.29, 0.717) is 18.3 Å². The Hall–Kier alpha value is -0.830. The molecule has 2 rings (SSSR count). The van der Waals surface area contributed by atoms with E-state index in [0.717, 1.165) is 18.7 Å². The highest BCUT2D eigenvalue weighted by molar-refractivity contribution is 5.04. The van der Waals surface area contributed by atoms with Crippen LogP contribution in [-0.2, 0) is 13.5 Å². The molecule has 0 amide bonds. The zero-order chi connectivity index (χ0) is 11.1. The van der Waals surface area contributed by atoms with Gasteiger partial charge in [0.15, 0.2) is 0 Å². The lowest BCUT2D eigenvalue weighted by Crippen LogP contribution is -2.47. The molecule has 1 heterocycles. The fourth-order valence-electron chi connectivity index (χ4n) is 2.39. The Balaban J connectivity index is 1.95. The average Bonchev–Trinajstić information content (AvgIpc) is 2.47. The summed E-state index contributed by atoms with van der Waals surface area (Å²) in [5.74, 6) is 2.36. The molecule has 1 aliphatic rings. The molecule has 0 spiro atoms. The quantitative estimate of drug-likeness (QED) is 0.822. The van der Waals surface area contributed by atoms with Gasteiger partial charge in [0.1, 0.15) is 5.82 Å². The number of rotatable bonds is 3. The number of nitrogens with zero attached hydrogens (tertiary/aromatic N) is 2. The lowest BCUT2D eigenvalue weighted by Gasteiger charge is -2.45. The molecule has 15 heavy (non-hydrogen) atoms. The van der Waals surface area contributed by atoms with Gasteiger partial charge in [-0.25, -0.2) is 4.98 Å². The first kappa shape index (κ1) is 10.7. The molecule has 1 aromatic heterocycles. The van der Waals surface area contributed by atoms with Crippen molar-refractivity contribution in [2.75, 3.05) is 0 Å². The zero-order valence-corrected chi connectivity index (χ0v) is 9.77. The van der Waals surface area contributed by atoms with E-state index in [9.17, 15) is 5.11 Å². The van der Waals surface area contributed by atoms with Crippen LogP contribution in [0, 0.1) is 11.8 Å². The lowest BCUT2D eigenvalue weighted by molar-refractivity contribution is -0.0875. The van der Waals surface area contributed by atoms with Crippen molar-refractivity contribution in [3.63, 3.8) is 0 Å². The van der Waals surface area contributed by atoms with Crippen LogP contribution in [-0.4, -0.2) is 20.3 Å². The van der Waals surface area contributed by atoms with Gasteiger partial charge in [-0.2, -0.15) is 0 Å². The second kappa shape index (κ2) is 3.63. The summed E-state index contributed by atoms with van der Waals surface area (Å²) >= 11 is 0. The second-order valence-electron chi connectivity index (χ2n) is 5.27. The molecular formula is C12H20N2O. The molecule has 3 heteroatoms. The normalized spacial score (nSPS) is 30.6. The minimum atomic E-state index is -0.492. The molecule has 0 aromatic carbocycles. The monoisotopic (exact) mass is 208 g/mol. The van der Waals surface area contributed by atoms with Crippen molar-refractivity contribution in [2.45, 2.75) is 38.7 Å². The molecule has 1 fully saturated rings. The molecular weight excluding hydrogens is 188 g/mol. The smallest absolute Gasteiger partial charge is 0.111 e. The number of aryl methyl sites for hydroxylation is 1. The van der Waals surface area contributed by atoms with Gasteiger partial charge in [-0.05, 0) is 24.7 Å². The van der Waals surface area contributed by atoms with Crippen molar-refractivity contribution in [3.8, 4) is 0 Å². The molecule has 1 aromatic rings. The summed E-state index contributed by atoms with van der Waals surface area (Å²) in [6.07, 6.45) is 6.27. The molecule has 3 nitrogen and oxygen atoms in total. The molecule has 0 aliphatic heterocycles. The zero-order valence-electron chi connectivity index (χ0n) is 9.77. The van der Waals surface area contributed by atoms with E-state index in [1.165, 1.54) is 0 Å². The first-order valence-electron chi connectivity index (χ1n) is 5.69. The van der Waals surface area contributed by atoms with Crippen LogP contribution >= 0.6 is 0 Å². The van der Waals surface area contributed by atoms with Gasteiger partial charge in [0.2, 0.25) is 0 Å². The number of aromatic nitrogens is 2. The van der Waals surface area contributed by atoms with E-state index in [4.69, 9.17) is 0 Å². The standard InChI is InChI=1S/C12H20N2O/c1-9(2)10-6-12(15,7-10)8-11-13-4-5-14(11)3/h4-5,9-10,15H,6-8H2,1-3H3. The SMILES string of the molecule is CC(C)C1CC(O)(Cc2nccn2C)C1. The molecule has 0 bridgehead atoms. The van der Waals surface area contributed by atoms with E-state index >= 15 is 0 Å². The van der Waals surface area contributed by atoms with E-state index in [-0.39, 0.29) is 0 Å². The topological polar surface area (TPSA) is 38.1 Å². The van der Waals surface area contributed by atoms with Gasteiger partial charge in [0, 0.05) is 25.9 Å². The van der Waals surface area contributed by atoms with Crippen LogP contribution in [0.15, 0.2) is 12.4 Å². The fraction of sp³-hybridized carbons (Fsp3) is 0.750. The first-order chi connectivity index (χ1) is 7.00. The van der Waals surface area contributed by atoms with Crippen LogP contribution in [0.2, 0.25) is 0 Å². The molecule has 0 saturated heterocycles. The Morgan fingerprint density at radius 1 is 1.60 bits per heavy atom. The van der Waals surface area contributed by atoms with Crippen molar-refractivity contribution in [1.82, 2.24) is 9.55 Å². The molecule has 0 atom stereocenters. The van der Waals surface area contributed by atoms with E-state index < -0.39 is 5.60 Å². The lowest BCUT2D eigenvalue weighted by atomic mass is 9.65. The second-order valence-corrected chi connectivity index (χ2v) is 5.27. The molecule has 0 radical (unpaired) electrons. The van der Waals surface area contributed by atoms with Gasteiger partial charge >= 0.3 is 0 Å². The fourth-order valence-corrected chi connectivity index (χ4v) is 2.39. The van der Waals surface area contributed by atoms with Gasteiger partial charge in [0.25, 0.3) is 0 Å². The van der Waals surface area contributed by atoms with E-state index in [1.54, 1.807) is 6.20 Å². The van der Waals surface area contributed by atoms with Crippen LogP contribution in [0.5, 0.6) is 0 Å². The predicted molar refractivity (Wildman–Crippen MR) is 59.4 cm³/mol. The van der Waals surface area contributed by atoms with Gasteiger partial charge in [-0.1, -0.05) is 13.8 Å². The summed E-state index contributed by atoms with van der Waals surface area (Å²) in [6, 6.07) is 0. The summed E-state index contributed by atoms with van der Waals surface area (Å²) in [5.41, 5.74) is -0.492.